The van der Waals surface area contributed by atoms with Crippen LogP contribution in [0.1, 0.15) is 23.0 Å². The maximum atomic E-state index is 11.0. The van der Waals surface area contributed by atoms with E-state index < -0.39 is 5.97 Å². The molecule has 1 aromatic heterocycles. The van der Waals surface area contributed by atoms with Crippen molar-refractivity contribution in [2.75, 3.05) is 26.0 Å². The molecule has 17 heavy (non-hydrogen) atoms. The third-order valence-corrected chi connectivity index (χ3v) is 2.71. The highest BCUT2D eigenvalue weighted by atomic mass is 16.4. The van der Waals surface area contributed by atoms with Crippen LogP contribution in [0.5, 0.6) is 0 Å². The minimum Gasteiger partial charge on any atom is -0.478 e. The van der Waals surface area contributed by atoms with Crippen molar-refractivity contribution >= 4 is 11.8 Å². The number of likely N-dealkylation sites (N-methyl/N-ethyl adjacent to an activating group) is 1. The first kappa shape index (κ1) is 13.4. The molecule has 0 fully saturated rings. The first-order valence-corrected chi connectivity index (χ1v) is 5.53. The molecule has 0 amide bonds. The Kier molecular flexibility index (Phi) is 4.45. The number of aryl methyl sites for hydroxylation is 1. The molecule has 0 bridgehead atoms. The largest absolute Gasteiger partial charge is 0.478 e. The molecule has 0 aromatic carbocycles. The van der Waals surface area contributed by atoms with E-state index >= 15 is 0 Å². The van der Waals surface area contributed by atoms with E-state index in [1.165, 1.54) is 0 Å². The van der Waals surface area contributed by atoms with Crippen LogP contribution in [0.15, 0.2) is 12.1 Å². The topological polar surface area (TPSA) is 65.5 Å². The molecule has 2 N–H and O–H groups in total. The fourth-order valence-corrected chi connectivity index (χ4v) is 1.29. The zero-order valence-electron chi connectivity index (χ0n) is 10.7. The molecule has 0 aliphatic carbocycles. The van der Waals surface area contributed by atoms with Gasteiger partial charge in [0.05, 0.1) is 0 Å². The van der Waals surface area contributed by atoms with E-state index in [-0.39, 0.29) is 5.56 Å². The average molecular weight is 237 g/mol. The van der Waals surface area contributed by atoms with E-state index in [1.807, 2.05) is 21.0 Å². The van der Waals surface area contributed by atoms with Crippen LogP contribution in [-0.2, 0) is 0 Å². The molecule has 1 aromatic rings. The molecular weight excluding hydrogens is 218 g/mol. The van der Waals surface area contributed by atoms with Crippen molar-refractivity contribution in [3.63, 3.8) is 0 Å². The van der Waals surface area contributed by atoms with Crippen LogP contribution in [0, 0.1) is 6.92 Å². The monoisotopic (exact) mass is 237 g/mol. The lowest BCUT2D eigenvalue weighted by atomic mass is 10.2. The van der Waals surface area contributed by atoms with Gasteiger partial charge in [-0.25, -0.2) is 9.78 Å². The predicted molar refractivity (Wildman–Crippen MR) is 67.6 cm³/mol. The summed E-state index contributed by atoms with van der Waals surface area (Å²) < 4.78 is 0. The summed E-state index contributed by atoms with van der Waals surface area (Å²) in [5, 5.41) is 12.1. The van der Waals surface area contributed by atoms with Crippen LogP contribution >= 0.6 is 0 Å². The number of aromatic carboxylic acids is 1. The highest BCUT2D eigenvalue weighted by molar-refractivity contribution is 5.93. The summed E-state index contributed by atoms with van der Waals surface area (Å²) >= 11 is 0. The number of pyridine rings is 1. The predicted octanol–water partition coefficient (Wildman–Crippen LogP) is 1.45. The molecule has 1 unspecified atom stereocenters. The Labute approximate surface area is 101 Å². The molecule has 0 aliphatic heterocycles. The molecule has 0 saturated carbocycles. The fraction of sp³-hybridized carbons (Fsp3) is 0.500. The number of nitrogens with zero attached hydrogens (tertiary/aromatic N) is 2. The summed E-state index contributed by atoms with van der Waals surface area (Å²) in [7, 11) is 3.96. The van der Waals surface area contributed by atoms with Gasteiger partial charge in [0.1, 0.15) is 11.4 Å². The van der Waals surface area contributed by atoms with Gasteiger partial charge in [-0.1, -0.05) is 0 Å². The van der Waals surface area contributed by atoms with Crippen molar-refractivity contribution in [1.82, 2.24) is 9.88 Å². The Morgan fingerprint density at radius 3 is 2.71 bits per heavy atom. The van der Waals surface area contributed by atoms with E-state index in [1.54, 1.807) is 12.1 Å². The Morgan fingerprint density at radius 2 is 2.18 bits per heavy atom. The van der Waals surface area contributed by atoms with E-state index in [0.717, 1.165) is 5.69 Å². The van der Waals surface area contributed by atoms with Crippen LogP contribution in [-0.4, -0.2) is 47.6 Å². The third kappa shape index (κ3) is 3.71. The Balaban J connectivity index is 2.82. The number of rotatable bonds is 5. The standard InChI is InChI=1S/C12H19N3O2/c1-8-5-6-10(12(16)17)11(14-8)13-7-9(2)15(3)4/h5-6,9H,7H2,1-4H3,(H,13,14)(H,16,17). The summed E-state index contributed by atoms with van der Waals surface area (Å²) in [4.78, 5) is 17.3. The molecule has 5 nitrogen and oxygen atoms in total. The van der Waals surface area contributed by atoms with E-state index in [4.69, 9.17) is 5.11 Å². The van der Waals surface area contributed by atoms with Gasteiger partial charge in [-0.2, -0.15) is 0 Å². The fourth-order valence-electron chi connectivity index (χ4n) is 1.29. The summed E-state index contributed by atoms with van der Waals surface area (Å²) in [6.45, 7) is 4.55. The number of aromatic nitrogens is 1. The molecule has 0 aliphatic rings. The van der Waals surface area contributed by atoms with Crippen molar-refractivity contribution in [2.45, 2.75) is 19.9 Å². The second kappa shape index (κ2) is 5.63. The smallest absolute Gasteiger partial charge is 0.339 e. The first-order valence-electron chi connectivity index (χ1n) is 5.53. The molecule has 0 spiro atoms. The van der Waals surface area contributed by atoms with E-state index in [0.29, 0.717) is 18.4 Å². The van der Waals surface area contributed by atoms with Crippen LogP contribution in [0.4, 0.5) is 5.82 Å². The minimum atomic E-state index is -0.961. The number of hydrogen-bond acceptors (Lipinski definition) is 4. The van der Waals surface area contributed by atoms with Crippen molar-refractivity contribution in [3.05, 3.63) is 23.4 Å². The second-order valence-corrected chi connectivity index (χ2v) is 4.35. The number of carboxylic acids is 1. The van der Waals surface area contributed by atoms with Gasteiger partial charge in [0.2, 0.25) is 0 Å². The lowest BCUT2D eigenvalue weighted by Crippen LogP contribution is -2.32. The molecule has 0 radical (unpaired) electrons. The zero-order valence-corrected chi connectivity index (χ0v) is 10.7. The SMILES string of the molecule is Cc1ccc(C(=O)O)c(NCC(C)N(C)C)n1. The maximum absolute atomic E-state index is 11.0. The molecule has 1 rings (SSSR count). The third-order valence-electron chi connectivity index (χ3n) is 2.71. The van der Waals surface area contributed by atoms with Gasteiger partial charge >= 0.3 is 5.97 Å². The molecule has 1 atom stereocenters. The molecule has 5 heteroatoms. The van der Waals surface area contributed by atoms with Crippen molar-refractivity contribution in [1.29, 1.82) is 0 Å². The molecule has 1 heterocycles. The highest BCUT2D eigenvalue weighted by Gasteiger charge is 2.12. The van der Waals surface area contributed by atoms with Gasteiger partial charge in [-0.15, -0.1) is 0 Å². The minimum absolute atomic E-state index is 0.210. The molecule has 0 saturated heterocycles. The van der Waals surface area contributed by atoms with E-state index in [2.05, 4.69) is 22.1 Å². The normalized spacial score (nSPS) is 12.5. The first-order chi connectivity index (χ1) is 7.91. The Morgan fingerprint density at radius 1 is 1.53 bits per heavy atom. The molecule has 94 valence electrons. The summed E-state index contributed by atoms with van der Waals surface area (Å²) in [6.07, 6.45) is 0. The van der Waals surface area contributed by atoms with Crippen molar-refractivity contribution in [2.24, 2.45) is 0 Å². The van der Waals surface area contributed by atoms with Gasteiger partial charge in [-0.05, 0) is 40.1 Å². The van der Waals surface area contributed by atoms with Gasteiger partial charge < -0.3 is 15.3 Å². The quantitative estimate of drug-likeness (QED) is 0.811. The Bertz CT molecular complexity index is 405. The van der Waals surface area contributed by atoms with Gasteiger partial charge in [-0.3, -0.25) is 0 Å². The van der Waals surface area contributed by atoms with Crippen LogP contribution in [0.3, 0.4) is 0 Å². The number of carboxylic acid groups (broad SMARTS) is 1. The van der Waals surface area contributed by atoms with Crippen molar-refractivity contribution in [3.8, 4) is 0 Å². The van der Waals surface area contributed by atoms with E-state index in [9.17, 15) is 4.79 Å². The van der Waals surface area contributed by atoms with Gasteiger partial charge in [0.15, 0.2) is 0 Å². The number of nitrogens with one attached hydrogen (secondary N) is 1. The molecular formula is C12H19N3O2. The average Bonchev–Trinajstić information content (AvgIpc) is 2.25. The summed E-state index contributed by atoms with van der Waals surface area (Å²) in [6, 6.07) is 3.58. The zero-order chi connectivity index (χ0) is 13.0. The highest BCUT2D eigenvalue weighted by Crippen LogP contribution is 2.13. The van der Waals surface area contributed by atoms with Crippen LogP contribution < -0.4 is 5.32 Å². The van der Waals surface area contributed by atoms with Crippen LogP contribution in [0.25, 0.3) is 0 Å². The Hall–Kier alpha value is -1.62. The van der Waals surface area contributed by atoms with Gasteiger partial charge in [0.25, 0.3) is 0 Å². The summed E-state index contributed by atoms with van der Waals surface area (Å²) in [5.74, 6) is -0.524. The van der Waals surface area contributed by atoms with Crippen molar-refractivity contribution < 1.29 is 9.90 Å². The number of hydrogen-bond donors (Lipinski definition) is 2. The maximum Gasteiger partial charge on any atom is 0.339 e. The lowest BCUT2D eigenvalue weighted by molar-refractivity contribution is 0.0697. The number of carbonyl (C=O) groups is 1. The van der Waals surface area contributed by atoms with Gasteiger partial charge in [0, 0.05) is 18.3 Å². The second-order valence-electron chi connectivity index (χ2n) is 4.35. The van der Waals surface area contributed by atoms with Crippen LogP contribution in [0.2, 0.25) is 0 Å². The number of anilines is 1. The summed E-state index contributed by atoms with van der Waals surface area (Å²) in [5.41, 5.74) is 1.01. The lowest BCUT2D eigenvalue weighted by Gasteiger charge is -2.20.